The molecule has 0 aliphatic heterocycles. The first-order valence-corrected chi connectivity index (χ1v) is 5.26. The standard InChI is InChI=1S/C12H18O2/c1-3-6-10-7-5-8-11(14-4-2)9-12(10)13/h3,9-10H,1,4-8H2,2H3. The van der Waals surface area contributed by atoms with Gasteiger partial charge in [0, 0.05) is 18.4 Å². The molecule has 78 valence electrons. The maximum Gasteiger partial charge on any atom is 0.162 e. The monoisotopic (exact) mass is 194 g/mol. The SMILES string of the molecule is C=CCC1CCCC(OCC)=CC1=O. The first-order valence-electron chi connectivity index (χ1n) is 5.26. The second-order valence-corrected chi connectivity index (χ2v) is 3.56. The molecule has 0 heterocycles. The van der Waals surface area contributed by atoms with Crippen LogP contribution in [0.25, 0.3) is 0 Å². The van der Waals surface area contributed by atoms with Gasteiger partial charge in [-0.1, -0.05) is 6.08 Å². The minimum Gasteiger partial charge on any atom is -0.498 e. The van der Waals surface area contributed by atoms with E-state index in [2.05, 4.69) is 6.58 Å². The van der Waals surface area contributed by atoms with Gasteiger partial charge in [-0.25, -0.2) is 0 Å². The van der Waals surface area contributed by atoms with E-state index in [0.29, 0.717) is 6.61 Å². The van der Waals surface area contributed by atoms with Crippen LogP contribution in [0, 0.1) is 5.92 Å². The summed E-state index contributed by atoms with van der Waals surface area (Å²) < 4.78 is 5.37. The highest BCUT2D eigenvalue weighted by molar-refractivity contribution is 5.92. The van der Waals surface area contributed by atoms with Crippen molar-refractivity contribution in [2.24, 2.45) is 5.92 Å². The Morgan fingerprint density at radius 2 is 2.50 bits per heavy atom. The van der Waals surface area contributed by atoms with Crippen molar-refractivity contribution in [1.29, 1.82) is 0 Å². The van der Waals surface area contributed by atoms with Crippen LogP contribution in [0.5, 0.6) is 0 Å². The molecule has 0 N–H and O–H groups in total. The second kappa shape index (κ2) is 5.63. The lowest BCUT2D eigenvalue weighted by atomic mass is 9.96. The van der Waals surface area contributed by atoms with Crippen LogP contribution < -0.4 is 0 Å². The van der Waals surface area contributed by atoms with Crippen molar-refractivity contribution in [1.82, 2.24) is 0 Å². The minimum atomic E-state index is 0.130. The van der Waals surface area contributed by atoms with Gasteiger partial charge >= 0.3 is 0 Å². The molecule has 14 heavy (non-hydrogen) atoms. The van der Waals surface area contributed by atoms with E-state index in [-0.39, 0.29) is 11.7 Å². The maximum absolute atomic E-state index is 11.7. The fraction of sp³-hybridized carbons (Fsp3) is 0.583. The number of ketones is 1. The van der Waals surface area contributed by atoms with Crippen molar-refractivity contribution in [3.05, 3.63) is 24.5 Å². The van der Waals surface area contributed by atoms with Crippen LogP contribution in [0.2, 0.25) is 0 Å². The topological polar surface area (TPSA) is 26.3 Å². The summed E-state index contributed by atoms with van der Waals surface area (Å²) in [5.41, 5.74) is 0. The van der Waals surface area contributed by atoms with E-state index >= 15 is 0 Å². The molecule has 0 aromatic carbocycles. The van der Waals surface area contributed by atoms with Crippen LogP contribution in [-0.2, 0) is 9.53 Å². The zero-order valence-corrected chi connectivity index (χ0v) is 8.79. The second-order valence-electron chi connectivity index (χ2n) is 3.56. The van der Waals surface area contributed by atoms with Gasteiger partial charge in [0.05, 0.1) is 12.4 Å². The lowest BCUT2D eigenvalue weighted by Crippen LogP contribution is -2.09. The van der Waals surface area contributed by atoms with E-state index < -0.39 is 0 Å². The van der Waals surface area contributed by atoms with Crippen molar-refractivity contribution in [2.45, 2.75) is 32.6 Å². The largest absolute Gasteiger partial charge is 0.498 e. The van der Waals surface area contributed by atoms with Gasteiger partial charge in [0.25, 0.3) is 0 Å². The molecule has 1 unspecified atom stereocenters. The first kappa shape index (κ1) is 11.0. The number of rotatable bonds is 4. The summed E-state index contributed by atoms with van der Waals surface area (Å²) in [5.74, 6) is 1.18. The molecule has 2 heteroatoms. The molecule has 0 fully saturated rings. The smallest absolute Gasteiger partial charge is 0.162 e. The van der Waals surface area contributed by atoms with E-state index in [9.17, 15) is 4.79 Å². The average molecular weight is 194 g/mol. The van der Waals surface area contributed by atoms with Gasteiger partial charge < -0.3 is 4.74 Å². The molecule has 0 spiro atoms. The van der Waals surface area contributed by atoms with Crippen LogP contribution in [0.3, 0.4) is 0 Å². The number of hydrogen-bond donors (Lipinski definition) is 0. The lowest BCUT2D eigenvalue weighted by molar-refractivity contribution is -0.118. The molecule has 0 saturated heterocycles. The van der Waals surface area contributed by atoms with Crippen LogP contribution in [-0.4, -0.2) is 12.4 Å². The van der Waals surface area contributed by atoms with E-state index in [1.807, 2.05) is 13.0 Å². The molecule has 0 aromatic heterocycles. The van der Waals surface area contributed by atoms with Crippen LogP contribution in [0.4, 0.5) is 0 Å². The van der Waals surface area contributed by atoms with Gasteiger partial charge in [0.1, 0.15) is 0 Å². The summed E-state index contributed by atoms with van der Waals surface area (Å²) in [5, 5.41) is 0. The number of hydrogen-bond acceptors (Lipinski definition) is 2. The summed E-state index contributed by atoms with van der Waals surface area (Å²) in [6, 6.07) is 0. The molecule has 1 aliphatic rings. The minimum absolute atomic E-state index is 0.130. The number of ether oxygens (including phenoxy) is 1. The number of allylic oxidation sites excluding steroid dienone is 3. The van der Waals surface area contributed by atoms with E-state index in [1.165, 1.54) is 0 Å². The van der Waals surface area contributed by atoms with Gasteiger partial charge in [0.15, 0.2) is 5.78 Å². The Morgan fingerprint density at radius 3 is 3.14 bits per heavy atom. The van der Waals surface area contributed by atoms with Gasteiger partial charge in [-0.15, -0.1) is 6.58 Å². The van der Waals surface area contributed by atoms with E-state index in [4.69, 9.17) is 4.74 Å². The predicted molar refractivity (Wildman–Crippen MR) is 56.9 cm³/mol. The molecule has 1 aliphatic carbocycles. The quantitative estimate of drug-likeness (QED) is 0.643. The van der Waals surface area contributed by atoms with Crippen molar-refractivity contribution in [3.8, 4) is 0 Å². The Morgan fingerprint density at radius 1 is 1.71 bits per heavy atom. The fourth-order valence-electron chi connectivity index (χ4n) is 1.75. The molecule has 0 bridgehead atoms. The van der Waals surface area contributed by atoms with Crippen molar-refractivity contribution < 1.29 is 9.53 Å². The molecular formula is C12H18O2. The van der Waals surface area contributed by atoms with E-state index in [0.717, 1.165) is 31.4 Å². The van der Waals surface area contributed by atoms with Gasteiger partial charge in [-0.2, -0.15) is 0 Å². The van der Waals surface area contributed by atoms with Crippen molar-refractivity contribution >= 4 is 5.78 Å². The highest BCUT2D eigenvalue weighted by Crippen LogP contribution is 2.23. The van der Waals surface area contributed by atoms with Crippen LogP contribution >= 0.6 is 0 Å². The fourth-order valence-corrected chi connectivity index (χ4v) is 1.75. The molecule has 1 atom stereocenters. The van der Waals surface area contributed by atoms with Crippen molar-refractivity contribution in [2.75, 3.05) is 6.61 Å². The Kier molecular flexibility index (Phi) is 4.44. The highest BCUT2D eigenvalue weighted by Gasteiger charge is 2.19. The van der Waals surface area contributed by atoms with Crippen molar-refractivity contribution in [3.63, 3.8) is 0 Å². The Hall–Kier alpha value is -1.05. The summed E-state index contributed by atoms with van der Waals surface area (Å²) >= 11 is 0. The maximum atomic E-state index is 11.7. The molecular weight excluding hydrogens is 176 g/mol. The van der Waals surface area contributed by atoms with Gasteiger partial charge in [-0.3, -0.25) is 4.79 Å². The summed E-state index contributed by atoms with van der Waals surface area (Å²) in [4.78, 5) is 11.7. The zero-order chi connectivity index (χ0) is 10.4. The normalized spacial score (nSPS) is 22.5. The predicted octanol–water partition coefficient (Wildman–Crippen LogP) is 2.85. The summed E-state index contributed by atoms with van der Waals surface area (Å²) in [7, 11) is 0. The first-order chi connectivity index (χ1) is 6.77. The van der Waals surface area contributed by atoms with Gasteiger partial charge in [0.2, 0.25) is 0 Å². The third-order valence-corrected chi connectivity index (χ3v) is 2.46. The molecule has 0 amide bonds. The molecule has 0 radical (unpaired) electrons. The molecule has 0 aromatic rings. The Balaban J connectivity index is 2.63. The third-order valence-electron chi connectivity index (χ3n) is 2.46. The Labute approximate surface area is 85.6 Å². The zero-order valence-electron chi connectivity index (χ0n) is 8.79. The molecule has 1 rings (SSSR count). The van der Waals surface area contributed by atoms with Gasteiger partial charge in [-0.05, 0) is 26.2 Å². The van der Waals surface area contributed by atoms with Crippen LogP contribution in [0.15, 0.2) is 24.5 Å². The molecule has 2 nitrogen and oxygen atoms in total. The molecule has 0 saturated carbocycles. The van der Waals surface area contributed by atoms with Crippen LogP contribution in [0.1, 0.15) is 32.6 Å². The third kappa shape index (κ3) is 3.02. The summed E-state index contributed by atoms with van der Waals surface area (Å²) in [6.07, 6.45) is 7.17. The highest BCUT2D eigenvalue weighted by atomic mass is 16.5. The van der Waals surface area contributed by atoms with E-state index in [1.54, 1.807) is 6.08 Å². The average Bonchev–Trinajstić information content (AvgIpc) is 2.31. The number of carbonyl (C=O) groups excluding carboxylic acids is 1. The summed E-state index contributed by atoms with van der Waals surface area (Å²) in [6.45, 7) is 6.26. The number of carbonyl (C=O) groups is 1. The lowest BCUT2D eigenvalue weighted by Gasteiger charge is -2.07. The Bertz CT molecular complexity index is 241.